The fraction of sp³-hybridized carbons (Fsp3) is 0.833. The molecule has 2 heterocycles. The third-order valence-corrected chi connectivity index (χ3v) is 3.96. The number of halogens is 3. The lowest BCUT2D eigenvalue weighted by molar-refractivity contribution is -0.184. The Morgan fingerprint density at radius 1 is 1.19 bits per heavy atom. The van der Waals surface area contributed by atoms with E-state index in [9.17, 15) is 27.9 Å². The monoisotopic (exact) mass is 310 g/mol. The molecule has 2 amide bonds. The van der Waals surface area contributed by atoms with Crippen LogP contribution in [0, 0.1) is 5.92 Å². The van der Waals surface area contributed by atoms with Crippen LogP contribution in [0.3, 0.4) is 0 Å². The number of nitrogens with zero attached hydrogens (tertiary/aromatic N) is 2. The van der Waals surface area contributed by atoms with Crippen molar-refractivity contribution in [2.45, 2.75) is 37.6 Å². The third kappa shape index (κ3) is 3.39. The molecule has 0 saturated carbocycles. The largest absolute Gasteiger partial charge is 0.480 e. The summed E-state index contributed by atoms with van der Waals surface area (Å²) >= 11 is 0. The number of aliphatic hydroxyl groups is 1. The van der Waals surface area contributed by atoms with E-state index in [1.54, 1.807) is 0 Å². The fourth-order valence-electron chi connectivity index (χ4n) is 2.86. The maximum atomic E-state index is 12.7. The van der Waals surface area contributed by atoms with Gasteiger partial charge in [-0.1, -0.05) is 0 Å². The average Bonchev–Trinajstić information content (AvgIpc) is 2.79. The first-order valence-electron chi connectivity index (χ1n) is 6.73. The van der Waals surface area contributed by atoms with Gasteiger partial charge in [0.05, 0.1) is 12.0 Å². The summed E-state index contributed by atoms with van der Waals surface area (Å²) in [6.45, 7) is -0.450. The molecule has 2 saturated heterocycles. The van der Waals surface area contributed by atoms with Crippen LogP contribution in [0.2, 0.25) is 0 Å². The second-order valence-electron chi connectivity index (χ2n) is 5.51. The number of alkyl halides is 3. The zero-order valence-corrected chi connectivity index (χ0v) is 11.2. The first kappa shape index (κ1) is 15.9. The number of rotatable bonds is 1. The molecule has 2 rings (SSSR count). The Bertz CT molecular complexity index is 429. The van der Waals surface area contributed by atoms with Crippen molar-refractivity contribution in [3.63, 3.8) is 0 Å². The van der Waals surface area contributed by atoms with Gasteiger partial charge in [-0.05, 0) is 12.8 Å². The Balaban J connectivity index is 2.07. The van der Waals surface area contributed by atoms with Crippen molar-refractivity contribution in [3.05, 3.63) is 0 Å². The summed E-state index contributed by atoms with van der Waals surface area (Å²) in [5.74, 6) is -2.84. The number of aliphatic carboxylic acids is 1. The number of carboxylic acid groups (broad SMARTS) is 1. The third-order valence-electron chi connectivity index (χ3n) is 3.96. The van der Waals surface area contributed by atoms with E-state index in [-0.39, 0.29) is 32.4 Å². The molecule has 1 unspecified atom stereocenters. The van der Waals surface area contributed by atoms with Crippen molar-refractivity contribution in [2.75, 3.05) is 19.6 Å². The average molecular weight is 310 g/mol. The van der Waals surface area contributed by atoms with Crippen LogP contribution in [0.4, 0.5) is 18.0 Å². The molecule has 6 nitrogen and oxygen atoms in total. The molecular weight excluding hydrogens is 293 g/mol. The summed E-state index contributed by atoms with van der Waals surface area (Å²) in [4.78, 5) is 25.3. The van der Waals surface area contributed by atoms with Crippen LogP contribution in [0.1, 0.15) is 19.3 Å². The lowest BCUT2D eigenvalue weighted by atomic mass is 9.98. The molecule has 2 N–H and O–H groups in total. The number of urea groups is 1. The van der Waals surface area contributed by atoms with Crippen LogP contribution < -0.4 is 0 Å². The number of piperidine rings is 1. The van der Waals surface area contributed by atoms with E-state index in [1.807, 2.05) is 0 Å². The molecule has 2 aliphatic heterocycles. The number of hydrogen-bond acceptors (Lipinski definition) is 3. The van der Waals surface area contributed by atoms with E-state index < -0.39 is 42.8 Å². The quantitative estimate of drug-likeness (QED) is 0.754. The fourth-order valence-corrected chi connectivity index (χ4v) is 2.86. The molecule has 2 fully saturated rings. The van der Waals surface area contributed by atoms with Crippen molar-refractivity contribution in [2.24, 2.45) is 5.92 Å². The van der Waals surface area contributed by atoms with Gasteiger partial charge < -0.3 is 20.0 Å². The second-order valence-corrected chi connectivity index (χ2v) is 5.51. The predicted molar refractivity (Wildman–Crippen MR) is 64.5 cm³/mol. The van der Waals surface area contributed by atoms with Crippen LogP contribution in [0.5, 0.6) is 0 Å². The van der Waals surface area contributed by atoms with Gasteiger partial charge >= 0.3 is 18.2 Å². The van der Waals surface area contributed by atoms with Gasteiger partial charge in [-0.15, -0.1) is 0 Å². The maximum Gasteiger partial charge on any atom is 0.393 e. The van der Waals surface area contributed by atoms with Gasteiger partial charge in [0.2, 0.25) is 0 Å². The van der Waals surface area contributed by atoms with E-state index in [1.165, 1.54) is 0 Å². The number of carbonyl (C=O) groups is 2. The molecule has 21 heavy (non-hydrogen) atoms. The Labute approximate surface area is 119 Å². The highest BCUT2D eigenvalue weighted by Crippen LogP contribution is 2.34. The lowest BCUT2D eigenvalue weighted by Gasteiger charge is -2.36. The van der Waals surface area contributed by atoms with E-state index >= 15 is 0 Å². The molecule has 9 heteroatoms. The number of hydrogen-bond donors (Lipinski definition) is 2. The zero-order chi connectivity index (χ0) is 15.8. The molecular formula is C12H17F3N2O4. The molecule has 0 radical (unpaired) electrons. The summed E-state index contributed by atoms with van der Waals surface area (Å²) < 4.78 is 38.2. The van der Waals surface area contributed by atoms with E-state index in [0.717, 1.165) is 9.80 Å². The maximum absolute atomic E-state index is 12.7. The number of carboxylic acids is 1. The smallest absolute Gasteiger partial charge is 0.393 e. The zero-order valence-electron chi connectivity index (χ0n) is 11.2. The SMILES string of the molecule is O=C(O)[C@@H]1C[C@@H](O)CN1C(=O)N1CCCC(C(F)(F)F)C1. The highest BCUT2D eigenvalue weighted by atomic mass is 19.4. The molecule has 2 aliphatic rings. The van der Waals surface area contributed by atoms with Crippen molar-refractivity contribution in [1.29, 1.82) is 0 Å². The van der Waals surface area contributed by atoms with Crippen LogP contribution in [-0.2, 0) is 4.79 Å². The Morgan fingerprint density at radius 2 is 1.86 bits per heavy atom. The molecule has 3 atom stereocenters. The second kappa shape index (κ2) is 5.70. The minimum atomic E-state index is -4.37. The molecule has 0 bridgehead atoms. The minimum Gasteiger partial charge on any atom is -0.480 e. The van der Waals surface area contributed by atoms with Gasteiger partial charge in [0.25, 0.3) is 0 Å². The molecule has 120 valence electrons. The van der Waals surface area contributed by atoms with Gasteiger partial charge in [0, 0.05) is 26.1 Å². The molecule has 0 aromatic carbocycles. The van der Waals surface area contributed by atoms with E-state index in [4.69, 9.17) is 5.11 Å². The minimum absolute atomic E-state index is 0.0295. The lowest BCUT2D eigenvalue weighted by Crippen LogP contribution is -2.52. The van der Waals surface area contributed by atoms with E-state index in [2.05, 4.69) is 0 Å². The summed E-state index contributed by atoms with van der Waals surface area (Å²) in [7, 11) is 0. The van der Waals surface area contributed by atoms with Crippen LogP contribution in [0.15, 0.2) is 0 Å². The summed E-state index contributed by atoms with van der Waals surface area (Å²) in [5, 5.41) is 18.5. The summed E-state index contributed by atoms with van der Waals surface area (Å²) in [6, 6.07) is -1.92. The van der Waals surface area contributed by atoms with Gasteiger partial charge in [0.15, 0.2) is 0 Å². The topological polar surface area (TPSA) is 81.1 Å². The van der Waals surface area contributed by atoms with Crippen molar-refractivity contribution >= 4 is 12.0 Å². The molecule has 0 aromatic rings. The number of carbonyl (C=O) groups excluding carboxylic acids is 1. The first-order valence-corrected chi connectivity index (χ1v) is 6.73. The first-order chi connectivity index (χ1) is 9.70. The number of aliphatic hydroxyl groups excluding tert-OH is 1. The number of amides is 2. The number of β-amino-alcohol motifs (C(OH)–C–C–N with tert-alkyl or cyclic N) is 1. The predicted octanol–water partition coefficient (Wildman–Crippen LogP) is 0.900. The highest BCUT2D eigenvalue weighted by molar-refractivity contribution is 5.83. The Hall–Kier alpha value is -1.51. The standard InChI is InChI=1S/C12H17F3N2O4/c13-12(14,15)7-2-1-3-16(5-7)11(21)17-6-8(18)4-9(17)10(19)20/h7-9,18H,1-6H2,(H,19,20)/t7?,8-,9+/m1/s1. The van der Waals surface area contributed by atoms with Crippen LogP contribution >= 0.6 is 0 Å². The highest BCUT2D eigenvalue weighted by Gasteiger charge is 2.45. The molecule has 0 spiro atoms. The van der Waals surface area contributed by atoms with Crippen molar-refractivity contribution in [1.82, 2.24) is 9.80 Å². The van der Waals surface area contributed by atoms with E-state index in [0.29, 0.717) is 0 Å². The molecule has 0 aliphatic carbocycles. The Morgan fingerprint density at radius 3 is 2.43 bits per heavy atom. The van der Waals surface area contributed by atoms with Crippen LogP contribution in [-0.4, -0.2) is 70.0 Å². The normalized spacial score (nSPS) is 30.6. The number of likely N-dealkylation sites (tertiary alicyclic amines) is 2. The summed E-state index contributed by atoms with van der Waals surface area (Å²) in [5.41, 5.74) is 0. The molecule has 0 aromatic heterocycles. The van der Waals surface area contributed by atoms with Crippen LogP contribution in [0.25, 0.3) is 0 Å². The Kier molecular flexibility index (Phi) is 4.31. The van der Waals surface area contributed by atoms with Gasteiger partial charge in [-0.3, -0.25) is 0 Å². The van der Waals surface area contributed by atoms with Crippen molar-refractivity contribution < 1.29 is 33.0 Å². The van der Waals surface area contributed by atoms with Gasteiger partial charge in [-0.25, -0.2) is 9.59 Å². The van der Waals surface area contributed by atoms with Gasteiger partial charge in [-0.2, -0.15) is 13.2 Å². The van der Waals surface area contributed by atoms with Gasteiger partial charge in [0.1, 0.15) is 6.04 Å². The summed E-state index contributed by atoms with van der Waals surface area (Å²) in [6.07, 6.45) is -5.23. The van der Waals surface area contributed by atoms with Crippen molar-refractivity contribution in [3.8, 4) is 0 Å².